The Kier molecular flexibility index (Phi) is 10.4. The molecule has 1 unspecified atom stereocenters. The van der Waals surface area contributed by atoms with Gasteiger partial charge in [0.15, 0.2) is 5.96 Å². The first-order valence-electron chi connectivity index (χ1n) is 10.6. The van der Waals surface area contributed by atoms with Gasteiger partial charge in [0, 0.05) is 32.4 Å². The van der Waals surface area contributed by atoms with Gasteiger partial charge in [-0.3, -0.25) is 9.89 Å². The van der Waals surface area contributed by atoms with Crippen LogP contribution >= 0.6 is 24.0 Å². The number of rotatable bonds is 8. The molecule has 2 aromatic rings. The van der Waals surface area contributed by atoms with Crippen LogP contribution in [0.25, 0.3) is 5.69 Å². The van der Waals surface area contributed by atoms with E-state index in [1.54, 1.807) is 14.2 Å². The molecule has 0 saturated carbocycles. The van der Waals surface area contributed by atoms with Gasteiger partial charge in [0.2, 0.25) is 0 Å². The third kappa shape index (κ3) is 6.87. The first-order valence-corrected chi connectivity index (χ1v) is 10.6. The lowest BCUT2D eigenvalue weighted by Gasteiger charge is -2.35. The molecule has 3 rings (SSSR count). The number of ether oxygens (including phenoxy) is 1. The van der Waals surface area contributed by atoms with E-state index in [1.807, 2.05) is 41.2 Å². The van der Waals surface area contributed by atoms with Crippen LogP contribution < -0.4 is 15.4 Å². The lowest BCUT2D eigenvalue weighted by molar-refractivity contribution is 0.147. The van der Waals surface area contributed by atoms with E-state index in [-0.39, 0.29) is 24.0 Å². The summed E-state index contributed by atoms with van der Waals surface area (Å²) >= 11 is 0. The highest BCUT2D eigenvalue weighted by Crippen LogP contribution is 2.18. The number of piperidine rings is 1. The summed E-state index contributed by atoms with van der Waals surface area (Å²) in [5.41, 5.74) is 1.97. The number of guanidine groups is 1. The Balaban J connectivity index is 0.00000320. The number of aliphatic imine (C=N–C) groups is 1. The SMILES string of the molecule is CCC1CCCCN1CCNC(=NC)NCc1ccn(-c2ccc(OC)cc2)n1.I. The van der Waals surface area contributed by atoms with E-state index in [0.29, 0.717) is 6.54 Å². The van der Waals surface area contributed by atoms with Crippen LogP contribution in [0, 0.1) is 0 Å². The molecule has 0 spiro atoms. The number of nitrogens with zero attached hydrogens (tertiary/aromatic N) is 4. The van der Waals surface area contributed by atoms with Gasteiger partial charge < -0.3 is 15.4 Å². The van der Waals surface area contributed by atoms with E-state index in [4.69, 9.17) is 4.74 Å². The molecule has 2 heterocycles. The molecular weight excluding hydrogens is 491 g/mol. The molecule has 1 aliphatic heterocycles. The van der Waals surface area contributed by atoms with Gasteiger partial charge in [-0.15, -0.1) is 24.0 Å². The average molecular weight is 526 g/mol. The van der Waals surface area contributed by atoms with Crippen LogP contribution in [0.15, 0.2) is 41.5 Å². The summed E-state index contributed by atoms with van der Waals surface area (Å²) in [5, 5.41) is 11.4. The highest BCUT2D eigenvalue weighted by molar-refractivity contribution is 14.0. The smallest absolute Gasteiger partial charge is 0.191 e. The summed E-state index contributed by atoms with van der Waals surface area (Å²) in [6, 6.07) is 10.6. The molecule has 1 aromatic heterocycles. The Morgan fingerprint density at radius 3 is 2.70 bits per heavy atom. The van der Waals surface area contributed by atoms with E-state index in [0.717, 1.165) is 42.2 Å². The number of hydrogen-bond donors (Lipinski definition) is 2. The minimum Gasteiger partial charge on any atom is -0.497 e. The maximum atomic E-state index is 5.21. The first kappa shape index (κ1) is 24.5. The standard InChI is InChI=1S/C22H34N6O.HI/c1-4-19-7-5-6-14-27(19)16-13-24-22(23-2)25-17-18-12-15-28(26-18)20-8-10-21(29-3)11-9-20;/h8-12,15,19H,4-7,13-14,16-17H2,1-3H3,(H2,23,24,25);1H. The number of likely N-dealkylation sites (tertiary alicyclic amines) is 1. The lowest BCUT2D eigenvalue weighted by atomic mass is 10.0. The Labute approximate surface area is 197 Å². The second kappa shape index (κ2) is 12.8. The van der Waals surface area contributed by atoms with Crippen LogP contribution in [0.3, 0.4) is 0 Å². The zero-order valence-corrected chi connectivity index (χ0v) is 20.6. The van der Waals surface area contributed by atoms with Crippen molar-refractivity contribution in [2.45, 2.75) is 45.2 Å². The number of methoxy groups -OCH3 is 1. The third-order valence-electron chi connectivity index (χ3n) is 5.55. The van der Waals surface area contributed by atoms with Crippen LogP contribution in [-0.2, 0) is 6.54 Å². The van der Waals surface area contributed by atoms with Crippen molar-refractivity contribution in [3.8, 4) is 11.4 Å². The first-order chi connectivity index (χ1) is 14.2. The van der Waals surface area contributed by atoms with Crippen LogP contribution in [0.2, 0.25) is 0 Å². The van der Waals surface area contributed by atoms with E-state index in [9.17, 15) is 0 Å². The number of halogens is 1. The summed E-state index contributed by atoms with van der Waals surface area (Å²) in [6.45, 7) is 6.10. The largest absolute Gasteiger partial charge is 0.497 e. The zero-order chi connectivity index (χ0) is 20.5. The van der Waals surface area contributed by atoms with E-state index < -0.39 is 0 Å². The van der Waals surface area contributed by atoms with Crippen LogP contribution in [0.5, 0.6) is 5.75 Å². The fourth-order valence-corrected chi connectivity index (χ4v) is 3.86. The monoisotopic (exact) mass is 526 g/mol. The summed E-state index contributed by atoms with van der Waals surface area (Å²) in [5.74, 6) is 1.65. The van der Waals surface area contributed by atoms with Gasteiger partial charge >= 0.3 is 0 Å². The average Bonchev–Trinajstić information content (AvgIpc) is 3.25. The van der Waals surface area contributed by atoms with Gasteiger partial charge in [-0.25, -0.2) is 4.68 Å². The molecule has 0 aliphatic carbocycles. The fraction of sp³-hybridized carbons (Fsp3) is 0.545. The van der Waals surface area contributed by atoms with E-state index in [2.05, 4.69) is 32.5 Å². The molecular formula is C22H35IN6O. The number of hydrogen-bond acceptors (Lipinski definition) is 4. The van der Waals surface area contributed by atoms with Crippen molar-refractivity contribution in [1.29, 1.82) is 0 Å². The molecule has 7 nitrogen and oxygen atoms in total. The van der Waals surface area contributed by atoms with Gasteiger partial charge in [0.1, 0.15) is 5.75 Å². The Morgan fingerprint density at radius 1 is 1.20 bits per heavy atom. The second-order valence-electron chi connectivity index (χ2n) is 7.40. The van der Waals surface area contributed by atoms with Crippen molar-refractivity contribution in [3.05, 3.63) is 42.2 Å². The number of aromatic nitrogens is 2. The molecule has 166 valence electrons. The number of nitrogens with one attached hydrogen (secondary N) is 2. The molecule has 1 aliphatic rings. The predicted octanol–water partition coefficient (Wildman–Crippen LogP) is 3.43. The number of benzene rings is 1. The maximum Gasteiger partial charge on any atom is 0.191 e. The van der Waals surface area contributed by atoms with Crippen molar-refractivity contribution < 1.29 is 4.74 Å². The quantitative estimate of drug-likeness (QED) is 0.314. The van der Waals surface area contributed by atoms with Crippen molar-refractivity contribution in [1.82, 2.24) is 25.3 Å². The van der Waals surface area contributed by atoms with Crippen LogP contribution in [0.1, 0.15) is 38.3 Å². The minimum absolute atomic E-state index is 0. The van der Waals surface area contributed by atoms with Crippen molar-refractivity contribution in [2.24, 2.45) is 4.99 Å². The van der Waals surface area contributed by atoms with Crippen molar-refractivity contribution in [2.75, 3.05) is 33.8 Å². The van der Waals surface area contributed by atoms with Gasteiger partial charge in [0.25, 0.3) is 0 Å². The summed E-state index contributed by atoms with van der Waals surface area (Å²) in [6.07, 6.45) is 7.23. The van der Waals surface area contributed by atoms with Gasteiger partial charge in [-0.2, -0.15) is 5.10 Å². The van der Waals surface area contributed by atoms with Gasteiger partial charge in [-0.1, -0.05) is 13.3 Å². The lowest BCUT2D eigenvalue weighted by Crippen LogP contribution is -2.45. The normalized spacial score (nSPS) is 17.3. The molecule has 30 heavy (non-hydrogen) atoms. The Hall–Kier alpha value is -1.81. The molecule has 1 fully saturated rings. The second-order valence-corrected chi connectivity index (χ2v) is 7.40. The minimum atomic E-state index is 0. The zero-order valence-electron chi connectivity index (χ0n) is 18.3. The molecule has 1 saturated heterocycles. The molecule has 1 atom stereocenters. The molecule has 0 bridgehead atoms. The molecule has 0 radical (unpaired) electrons. The van der Waals surface area contributed by atoms with Crippen LogP contribution in [0.4, 0.5) is 0 Å². The highest BCUT2D eigenvalue weighted by Gasteiger charge is 2.19. The molecule has 1 aromatic carbocycles. The molecule has 2 N–H and O–H groups in total. The third-order valence-corrected chi connectivity index (χ3v) is 5.55. The van der Waals surface area contributed by atoms with E-state index >= 15 is 0 Å². The topological polar surface area (TPSA) is 66.7 Å². The van der Waals surface area contributed by atoms with Crippen molar-refractivity contribution >= 4 is 29.9 Å². The van der Waals surface area contributed by atoms with Gasteiger partial charge in [0.05, 0.1) is 25.0 Å². The van der Waals surface area contributed by atoms with Crippen molar-refractivity contribution in [3.63, 3.8) is 0 Å². The van der Waals surface area contributed by atoms with Gasteiger partial charge in [-0.05, 0) is 56.1 Å². The summed E-state index contributed by atoms with van der Waals surface area (Å²) < 4.78 is 7.08. The summed E-state index contributed by atoms with van der Waals surface area (Å²) in [7, 11) is 3.48. The fourth-order valence-electron chi connectivity index (χ4n) is 3.86. The Morgan fingerprint density at radius 2 is 2.00 bits per heavy atom. The predicted molar refractivity (Wildman–Crippen MR) is 133 cm³/mol. The van der Waals surface area contributed by atoms with Crippen LogP contribution in [-0.4, -0.2) is 60.5 Å². The maximum absolute atomic E-state index is 5.21. The van der Waals surface area contributed by atoms with E-state index in [1.165, 1.54) is 32.2 Å². The Bertz CT molecular complexity index is 776. The molecule has 0 amide bonds. The highest BCUT2D eigenvalue weighted by atomic mass is 127. The molecule has 8 heteroatoms. The summed E-state index contributed by atoms with van der Waals surface area (Å²) in [4.78, 5) is 6.95.